The van der Waals surface area contributed by atoms with E-state index in [2.05, 4.69) is 34.1 Å². The third-order valence-corrected chi connectivity index (χ3v) is 4.94. The number of aryl methyl sites for hydroxylation is 2. The fourth-order valence-electron chi connectivity index (χ4n) is 3.59. The summed E-state index contributed by atoms with van der Waals surface area (Å²) < 4.78 is 7.71. The summed E-state index contributed by atoms with van der Waals surface area (Å²) in [6, 6.07) is 6.15. The second-order valence-corrected chi connectivity index (χ2v) is 7.12. The highest BCUT2D eigenvalue weighted by molar-refractivity contribution is 5.05. The van der Waals surface area contributed by atoms with E-state index in [1.54, 1.807) is 0 Å². The molecule has 0 bridgehead atoms. The lowest BCUT2D eigenvalue weighted by Gasteiger charge is -2.33. The molecule has 0 saturated carbocycles. The Kier molecular flexibility index (Phi) is 6.10. The smallest absolute Gasteiger partial charge is 0.118 e. The van der Waals surface area contributed by atoms with Crippen LogP contribution in [-0.2, 0) is 13.1 Å². The fraction of sp³-hybridized carbons (Fsp3) is 0.632. The molecule has 0 N–H and O–H groups in total. The van der Waals surface area contributed by atoms with Crippen molar-refractivity contribution < 1.29 is 4.42 Å². The molecule has 1 saturated heterocycles. The predicted octanol–water partition coefficient (Wildman–Crippen LogP) is 3.02. The maximum atomic E-state index is 5.70. The third kappa shape index (κ3) is 5.21. The minimum absolute atomic E-state index is 0.828. The monoisotopic (exact) mass is 330 g/mol. The molecule has 0 spiro atoms. The van der Waals surface area contributed by atoms with Crippen LogP contribution in [0.2, 0.25) is 0 Å². The summed E-state index contributed by atoms with van der Waals surface area (Å²) in [6.07, 6.45) is 7.64. The number of likely N-dealkylation sites (tertiary alicyclic amines) is 1. The number of furan rings is 1. The number of hydrogen-bond donors (Lipinski definition) is 0. The Hall–Kier alpha value is -1.59. The largest absolute Gasteiger partial charge is 0.465 e. The van der Waals surface area contributed by atoms with E-state index in [4.69, 9.17) is 4.42 Å². The molecule has 24 heavy (non-hydrogen) atoms. The van der Waals surface area contributed by atoms with Crippen LogP contribution in [0.1, 0.15) is 30.8 Å². The Morgan fingerprint density at radius 2 is 2.12 bits per heavy atom. The van der Waals surface area contributed by atoms with Crippen LogP contribution < -0.4 is 0 Å². The zero-order valence-corrected chi connectivity index (χ0v) is 15.0. The number of piperidine rings is 1. The molecule has 1 aliphatic rings. The second-order valence-electron chi connectivity index (χ2n) is 7.12. The molecule has 5 heteroatoms. The van der Waals surface area contributed by atoms with Crippen LogP contribution in [0.4, 0.5) is 0 Å². The average Bonchev–Trinajstić information content (AvgIpc) is 3.21. The van der Waals surface area contributed by atoms with Crippen molar-refractivity contribution in [1.82, 2.24) is 19.6 Å². The van der Waals surface area contributed by atoms with E-state index in [0.717, 1.165) is 43.5 Å². The number of rotatable bonds is 8. The molecule has 132 valence electrons. The van der Waals surface area contributed by atoms with Gasteiger partial charge in [0.25, 0.3) is 0 Å². The molecule has 3 heterocycles. The quantitative estimate of drug-likeness (QED) is 0.746. The lowest BCUT2D eigenvalue weighted by Crippen LogP contribution is -2.37. The first-order valence-electron chi connectivity index (χ1n) is 9.12. The van der Waals surface area contributed by atoms with Gasteiger partial charge in [-0.25, -0.2) is 0 Å². The first-order chi connectivity index (χ1) is 11.7. The zero-order chi connectivity index (χ0) is 16.8. The summed E-state index contributed by atoms with van der Waals surface area (Å²) in [7, 11) is 2.25. The van der Waals surface area contributed by atoms with Crippen molar-refractivity contribution in [3.8, 4) is 0 Å². The van der Waals surface area contributed by atoms with Gasteiger partial charge in [0.2, 0.25) is 0 Å². The van der Waals surface area contributed by atoms with Gasteiger partial charge in [0.1, 0.15) is 11.5 Å². The third-order valence-electron chi connectivity index (χ3n) is 4.94. The predicted molar refractivity (Wildman–Crippen MR) is 95.8 cm³/mol. The summed E-state index contributed by atoms with van der Waals surface area (Å²) in [4.78, 5) is 5.01. The molecule has 0 unspecified atom stereocenters. The lowest BCUT2D eigenvalue weighted by atomic mass is 9.96. The van der Waals surface area contributed by atoms with Crippen LogP contribution in [0.3, 0.4) is 0 Å². The topological polar surface area (TPSA) is 37.4 Å². The van der Waals surface area contributed by atoms with Gasteiger partial charge in [-0.15, -0.1) is 0 Å². The van der Waals surface area contributed by atoms with Gasteiger partial charge < -0.3 is 9.32 Å². The van der Waals surface area contributed by atoms with Crippen molar-refractivity contribution in [2.75, 3.05) is 33.2 Å². The maximum absolute atomic E-state index is 5.70. The van der Waals surface area contributed by atoms with Crippen LogP contribution in [0, 0.1) is 12.8 Å². The van der Waals surface area contributed by atoms with E-state index in [1.807, 2.05) is 30.1 Å². The first-order valence-corrected chi connectivity index (χ1v) is 9.12. The molecular formula is C19H30N4O. The number of nitrogens with zero attached hydrogens (tertiary/aromatic N) is 4. The van der Waals surface area contributed by atoms with Gasteiger partial charge >= 0.3 is 0 Å². The minimum atomic E-state index is 0.828. The molecule has 1 aliphatic heterocycles. The molecule has 0 radical (unpaired) electrons. The Bertz CT molecular complexity index is 584. The molecule has 0 amide bonds. The normalized spacial score (nSPS) is 17.0. The zero-order valence-electron chi connectivity index (χ0n) is 15.0. The Labute approximate surface area is 145 Å². The second kappa shape index (κ2) is 8.49. The maximum Gasteiger partial charge on any atom is 0.118 e. The number of hydrogen-bond acceptors (Lipinski definition) is 4. The molecule has 1 fully saturated rings. The van der Waals surface area contributed by atoms with Crippen LogP contribution in [0.25, 0.3) is 0 Å². The first kappa shape index (κ1) is 17.2. The molecule has 2 aromatic heterocycles. The molecule has 5 nitrogen and oxygen atoms in total. The molecule has 2 aromatic rings. The van der Waals surface area contributed by atoms with Gasteiger partial charge in [0, 0.05) is 25.5 Å². The summed E-state index contributed by atoms with van der Waals surface area (Å²) in [5.41, 5.74) is 0. The van der Waals surface area contributed by atoms with E-state index in [-0.39, 0.29) is 0 Å². The van der Waals surface area contributed by atoms with Gasteiger partial charge in [-0.3, -0.25) is 9.58 Å². The van der Waals surface area contributed by atoms with E-state index >= 15 is 0 Å². The van der Waals surface area contributed by atoms with Crippen LogP contribution in [-0.4, -0.2) is 52.8 Å². The highest BCUT2D eigenvalue weighted by atomic mass is 16.3. The summed E-state index contributed by atoms with van der Waals surface area (Å²) in [5.74, 6) is 2.94. The molecule has 0 aromatic carbocycles. The average molecular weight is 330 g/mol. The number of aromatic nitrogens is 2. The minimum Gasteiger partial charge on any atom is -0.465 e. The SMILES string of the molecule is Cc1ccc(CN2CCC(CN(C)CCCn3cccn3)CC2)o1. The van der Waals surface area contributed by atoms with Crippen molar-refractivity contribution >= 4 is 0 Å². The molecule has 0 aliphatic carbocycles. The van der Waals surface area contributed by atoms with E-state index < -0.39 is 0 Å². The molecule has 3 rings (SSSR count). The molecular weight excluding hydrogens is 300 g/mol. The highest BCUT2D eigenvalue weighted by Gasteiger charge is 2.21. The Morgan fingerprint density at radius 3 is 2.79 bits per heavy atom. The van der Waals surface area contributed by atoms with Crippen molar-refractivity contribution in [3.05, 3.63) is 42.1 Å². The van der Waals surface area contributed by atoms with Gasteiger partial charge in [0.15, 0.2) is 0 Å². The van der Waals surface area contributed by atoms with Gasteiger partial charge in [0.05, 0.1) is 6.54 Å². The highest BCUT2D eigenvalue weighted by Crippen LogP contribution is 2.20. The standard InChI is InChI=1S/C19H30N4O/c1-17-5-6-19(24-17)16-22-13-7-18(8-14-22)15-21(2)10-4-12-23-11-3-9-20-23/h3,5-6,9,11,18H,4,7-8,10,12-16H2,1-2H3. The van der Waals surface area contributed by atoms with Crippen molar-refractivity contribution in [2.45, 2.75) is 39.3 Å². The van der Waals surface area contributed by atoms with Crippen LogP contribution in [0.15, 0.2) is 35.0 Å². The van der Waals surface area contributed by atoms with Crippen molar-refractivity contribution in [1.29, 1.82) is 0 Å². The van der Waals surface area contributed by atoms with Gasteiger partial charge in [-0.2, -0.15) is 5.10 Å². The van der Waals surface area contributed by atoms with E-state index in [9.17, 15) is 0 Å². The van der Waals surface area contributed by atoms with Crippen molar-refractivity contribution in [3.63, 3.8) is 0 Å². The fourth-order valence-corrected chi connectivity index (χ4v) is 3.59. The van der Waals surface area contributed by atoms with E-state index in [0.29, 0.717) is 0 Å². The van der Waals surface area contributed by atoms with Crippen LogP contribution in [0.5, 0.6) is 0 Å². The van der Waals surface area contributed by atoms with E-state index in [1.165, 1.54) is 32.5 Å². The lowest BCUT2D eigenvalue weighted by molar-refractivity contribution is 0.141. The Balaban J connectivity index is 1.31. The van der Waals surface area contributed by atoms with Gasteiger partial charge in [-0.05, 0) is 77.0 Å². The van der Waals surface area contributed by atoms with Gasteiger partial charge in [-0.1, -0.05) is 0 Å². The van der Waals surface area contributed by atoms with Crippen LogP contribution >= 0.6 is 0 Å². The van der Waals surface area contributed by atoms with Crippen molar-refractivity contribution in [2.24, 2.45) is 5.92 Å². The summed E-state index contributed by atoms with van der Waals surface area (Å²) in [6.45, 7) is 8.71. The summed E-state index contributed by atoms with van der Waals surface area (Å²) >= 11 is 0. The molecule has 0 atom stereocenters. The Morgan fingerprint density at radius 1 is 1.29 bits per heavy atom. The summed E-state index contributed by atoms with van der Waals surface area (Å²) in [5, 5.41) is 4.26.